The Hall–Kier alpha value is -0.960. The van der Waals surface area contributed by atoms with Gasteiger partial charge in [0, 0.05) is 28.4 Å². The SMILES string of the molecule is Clc1ccc(C2(CCSc3ccccc3)CNC2)cc1. The van der Waals surface area contributed by atoms with Crippen LogP contribution in [0.3, 0.4) is 0 Å². The highest BCUT2D eigenvalue weighted by Gasteiger charge is 2.37. The second-order valence-electron chi connectivity index (χ2n) is 5.30. The minimum Gasteiger partial charge on any atom is -0.315 e. The molecular weight excluding hydrogens is 286 g/mol. The van der Waals surface area contributed by atoms with Gasteiger partial charge in [-0.2, -0.15) is 0 Å². The van der Waals surface area contributed by atoms with Crippen LogP contribution in [0.25, 0.3) is 0 Å². The van der Waals surface area contributed by atoms with Crippen molar-refractivity contribution in [3.05, 3.63) is 65.2 Å². The van der Waals surface area contributed by atoms with Crippen LogP contribution in [0.2, 0.25) is 5.02 Å². The molecule has 0 radical (unpaired) electrons. The first-order valence-electron chi connectivity index (χ1n) is 6.93. The Morgan fingerprint density at radius 2 is 1.70 bits per heavy atom. The van der Waals surface area contributed by atoms with E-state index in [4.69, 9.17) is 11.6 Å². The topological polar surface area (TPSA) is 12.0 Å². The molecule has 1 N–H and O–H groups in total. The molecule has 0 atom stereocenters. The Morgan fingerprint density at radius 3 is 2.30 bits per heavy atom. The molecule has 1 fully saturated rings. The fourth-order valence-electron chi connectivity index (χ4n) is 2.64. The fourth-order valence-corrected chi connectivity index (χ4v) is 3.84. The van der Waals surface area contributed by atoms with Gasteiger partial charge >= 0.3 is 0 Å². The first-order valence-corrected chi connectivity index (χ1v) is 8.30. The van der Waals surface area contributed by atoms with Crippen molar-refractivity contribution in [1.82, 2.24) is 5.32 Å². The lowest BCUT2D eigenvalue weighted by Gasteiger charge is -2.43. The van der Waals surface area contributed by atoms with Crippen LogP contribution in [-0.2, 0) is 5.41 Å². The highest BCUT2D eigenvalue weighted by molar-refractivity contribution is 7.99. The summed E-state index contributed by atoms with van der Waals surface area (Å²) in [5.41, 5.74) is 1.71. The van der Waals surface area contributed by atoms with Gasteiger partial charge in [-0.3, -0.25) is 0 Å². The van der Waals surface area contributed by atoms with Gasteiger partial charge in [0.05, 0.1) is 0 Å². The van der Waals surface area contributed by atoms with E-state index in [1.165, 1.54) is 16.9 Å². The first kappa shape index (κ1) is 14.0. The number of hydrogen-bond donors (Lipinski definition) is 1. The third-order valence-electron chi connectivity index (χ3n) is 3.98. The van der Waals surface area contributed by atoms with Gasteiger partial charge in [0.1, 0.15) is 0 Å². The van der Waals surface area contributed by atoms with Crippen LogP contribution in [0.1, 0.15) is 12.0 Å². The van der Waals surface area contributed by atoms with Crippen LogP contribution in [0.5, 0.6) is 0 Å². The largest absolute Gasteiger partial charge is 0.315 e. The number of rotatable bonds is 5. The maximum atomic E-state index is 5.99. The summed E-state index contributed by atoms with van der Waals surface area (Å²) >= 11 is 7.93. The number of halogens is 1. The predicted octanol–water partition coefficient (Wildman–Crippen LogP) is 4.36. The normalized spacial score (nSPS) is 16.6. The van der Waals surface area contributed by atoms with Crippen LogP contribution in [0, 0.1) is 0 Å². The van der Waals surface area contributed by atoms with E-state index in [1.807, 2.05) is 23.9 Å². The molecule has 1 aliphatic rings. The highest BCUT2D eigenvalue weighted by atomic mass is 35.5. The average molecular weight is 304 g/mol. The summed E-state index contributed by atoms with van der Waals surface area (Å²) in [7, 11) is 0. The second kappa shape index (κ2) is 6.21. The van der Waals surface area contributed by atoms with Crippen LogP contribution in [0.4, 0.5) is 0 Å². The van der Waals surface area contributed by atoms with Gasteiger partial charge in [0.15, 0.2) is 0 Å². The Labute approximate surface area is 129 Å². The zero-order chi connectivity index (χ0) is 13.8. The number of hydrogen-bond acceptors (Lipinski definition) is 2. The molecule has 104 valence electrons. The average Bonchev–Trinajstić information content (AvgIpc) is 2.44. The zero-order valence-electron chi connectivity index (χ0n) is 11.3. The molecule has 0 unspecified atom stereocenters. The monoisotopic (exact) mass is 303 g/mol. The molecule has 0 bridgehead atoms. The maximum Gasteiger partial charge on any atom is 0.0406 e. The molecule has 1 saturated heterocycles. The van der Waals surface area contributed by atoms with E-state index in [0.717, 1.165) is 23.9 Å². The molecule has 0 amide bonds. The molecule has 1 nitrogen and oxygen atoms in total. The molecule has 3 heteroatoms. The van der Waals surface area contributed by atoms with Crippen molar-refractivity contribution in [1.29, 1.82) is 0 Å². The molecule has 1 heterocycles. The Bertz CT molecular complexity index is 549. The van der Waals surface area contributed by atoms with E-state index in [9.17, 15) is 0 Å². The van der Waals surface area contributed by atoms with E-state index >= 15 is 0 Å². The summed E-state index contributed by atoms with van der Waals surface area (Å²) in [6, 6.07) is 19.0. The summed E-state index contributed by atoms with van der Waals surface area (Å²) in [6.45, 7) is 2.15. The van der Waals surface area contributed by atoms with Crippen LogP contribution < -0.4 is 5.32 Å². The maximum absolute atomic E-state index is 5.99. The van der Waals surface area contributed by atoms with Crippen molar-refractivity contribution in [2.24, 2.45) is 0 Å². The highest BCUT2D eigenvalue weighted by Crippen LogP contribution is 2.35. The molecule has 0 spiro atoms. The van der Waals surface area contributed by atoms with Crippen molar-refractivity contribution in [3.8, 4) is 0 Å². The van der Waals surface area contributed by atoms with Gasteiger partial charge in [-0.05, 0) is 42.0 Å². The van der Waals surface area contributed by atoms with Crippen molar-refractivity contribution >= 4 is 23.4 Å². The van der Waals surface area contributed by atoms with Crippen LogP contribution in [0.15, 0.2) is 59.5 Å². The van der Waals surface area contributed by atoms with Gasteiger partial charge in [0.25, 0.3) is 0 Å². The van der Waals surface area contributed by atoms with E-state index < -0.39 is 0 Å². The summed E-state index contributed by atoms with van der Waals surface area (Å²) in [5.74, 6) is 1.15. The van der Waals surface area contributed by atoms with Gasteiger partial charge in [-0.1, -0.05) is 41.9 Å². The third-order valence-corrected chi connectivity index (χ3v) is 5.24. The minimum absolute atomic E-state index is 0.298. The molecule has 3 rings (SSSR count). The van der Waals surface area contributed by atoms with E-state index in [2.05, 4.69) is 47.8 Å². The fraction of sp³-hybridized carbons (Fsp3) is 0.294. The van der Waals surface area contributed by atoms with Crippen molar-refractivity contribution in [3.63, 3.8) is 0 Å². The Balaban J connectivity index is 1.63. The molecule has 1 aliphatic heterocycles. The smallest absolute Gasteiger partial charge is 0.0406 e. The molecular formula is C17H18ClNS. The van der Waals surface area contributed by atoms with Crippen LogP contribution >= 0.6 is 23.4 Å². The lowest BCUT2D eigenvalue weighted by Crippen LogP contribution is -2.57. The lowest BCUT2D eigenvalue weighted by atomic mass is 9.73. The first-order chi connectivity index (χ1) is 9.78. The predicted molar refractivity (Wildman–Crippen MR) is 87.8 cm³/mol. The molecule has 0 aliphatic carbocycles. The van der Waals surface area contributed by atoms with Gasteiger partial charge in [-0.15, -0.1) is 11.8 Å². The van der Waals surface area contributed by atoms with Gasteiger partial charge in [0.2, 0.25) is 0 Å². The number of thioether (sulfide) groups is 1. The number of nitrogens with one attached hydrogen (secondary N) is 1. The molecule has 20 heavy (non-hydrogen) atoms. The van der Waals surface area contributed by atoms with Gasteiger partial charge < -0.3 is 5.32 Å². The molecule has 0 saturated carbocycles. The second-order valence-corrected chi connectivity index (χ2v) is 6.91. The van der Waals surface area contributed by atoms with E-state index in [1.54, 1.807) is 0 Å². The summed E-state index contributed by atoms with van der Waals surface area (Å²) in [4.78, 5) is 1.35. The summed E-state index contributed by atoms with van der Waals surface area (Å²) < 4.78 is 0. The molecule has 0 aromatic heterocycles. The summed E-state index contributed by atoms with van der Waals surface area (Å²) in [5, 5.41) is 4.24. The zero-order valence-corrected chi connectivity index (χ0v) is 12.9. The van der Waals surface area contributed by atoms with E-state index in [-0.39, 0.29) is 0 Å². The van der Waals surface area contributed by atoms with Gasteiger partial charge in [-0.25, -0.2) is 0 Å². The summed E-state index contributed by atoms with van der Waals surface area (Å²) in [6.07, 6.45) is 1.20. The van der Waals surface area contributed by atoms with Crippen LogP contribution in [-0.4, -0.2) is 18.8 Å². The Morgan fingerprint density at radius 1 is 1.00 bits per heavy atom. The third kappa shape index (κ3) is 3.03. The van der Waals surface area contributed by atoms with Crippen molar-refractivity contribution in [2.75, 3.05) is 18.8 Å². The number of benzene rings is 2. The standard InChI is InChI=1S/C17H18ClNS/c18-15-8-6-14(7-9-15)17(12-19-13-17)10-11-20-16-4-2-1-3-5-16/h1-9,19H,10-13H2. The van der Waals surface area contributed by atoms with Crippen molar-refractivity contribution in [2.45, 2.75) is 16.7 Å². The van der Waals surface area contributed by atoms with E-state index in [0.29, 0.717) is 5.41 Å². The lowest BCUT2D eigenvalue weighted by molar-refractivity contribution is 0.269. The molecule has 2 aromatic carbocycles. The Kier molecular flexibility index (Phi) is 4.35. The minimum atomic E-state index is 0.298. The molecule has 2 aromatic rings. The quantitative estimate of drug-likeness (QED) is 0.824. The van der Waals surface area contributed by atoms with Crippen molar-refractivity contribution < 1.29 is 0 Å².